The first kappa shape index (κ1) is 12.7. The van der Waals surface area contributed by atoms with E-state index >= 15 is 0 Å². The molecule has 1 saturated heterocycles. The van der Waals surface area contributed by atoms with Crippen molar-refractivity contribution in [3.05, 3.63) is 32.5 Å². The van der Waals surface area contributed by atoms with Crippen LogP contribution in [-0.4, -0.2) is 27.3 Å². The molecule has 10 nitrogen and oxygen atoms in total. The maximum atomic E-state index is 11.2. The molecule has 100 valence electrons. The Morgan fingerprint density at radius 2 is 2.05 bits per heavy atom. The summed E-state index contributed by atoms with van der Waals surface area (Å²) in [5, 5.41) is 22.7. The molecule has 1 aromatic rings. The molecule has 2 rings (SSSR count). The third kappa shape index (κ3) is 2.56. The lowest BCUT2D eigenvalue weighted by Crippen LogP contribution is -2.47. The highest BCUT2D eigenvalue weighted by atomic mass is 16.6. The minimum atomic E-state index is -0.768. The minimum Gasteiger partial charge on any atom is -0.273 e. The summed E-state index contributed by atoms with van der Waals surface area (Å²) in [6, 6.07) is 0.823. The standard InChI is InChI=1S/C9H9N5O5/c15-8-2-1-3-12(11-8)9-7(14(18)19)4-6(5-10-9)13(16)17/h4-5H,1-3H2,(H,11,15). The number of amides is 1. The molecule has 1 fully saturated rings. The summed E-state index contributed by atoms with van der Waals surface area (Å²) in [5.74, 6) is -0.385. The molecule has 1 amide bonds. The smallest absolute Gasteiger partial charge is 0.273 e. The second kappa shape index (κ2) is 4.84. The minimum absolute atomic E-state index is 0.108. The molecule has 1 aromatic heterocycles. The Kier molecular flexibility index (Phi) is 3.23. The largest absolute Gasteiger partial charge is 0.320 e. The van der Waals surface area contributed by atoms with Gasteiger partial charge in [-0.2, -0.15) is 0 Å². The number of hydrogen-bond acceptors (Lipinski definition) is 7. The summed E-state index contributed by atoms with van der Waals surface area (Å²) in [6.07, 6.45) is 1.78. The molecular formula is C9H9N5O5. The van der Waals surface area contributed by atoms with Crippen LogP contribution in [0.1, 0.15) is 12.8 Å². The number of nitrogens with one attached hydrogen (secondary N) is 1. The summed E-state index contributed by atoms with van der Waals surface area (Å²) >= 11 is 0. The van der Waals surface area contributed by atoms with E-state index in [0.29, 0.717) is 19.4 Å². The van der Waals surface area contributed by atoms with Crippen LogP contribution in [0.4, 0.5) is 17.2 Å². The molecule has 0 saturated carbocycles. The van der Waals surface area contributed by atoms with Crippen LogP contribution < -0.4 is 10.4 Å². The van der Waals surface area contributed by atoms with Crippen LogP contribution in [0.3, 0.4) is 0 Å². The van der Waals surface area contributed by atoms with Crippen LogP contribution in [0.25, 0.3) is 0 Å². The number of rotatable bonds is 3. The molecule has 0 unspecified atom stereocenters. The Morgan fingerprint density at radius 1 is 1.32 bits per heavy atom. The van der Waals surface area contributed by atoms with Crippen molar-refractivity contribution in [3.8, 4) is 0 Å². The van der Waals surface area contributed by atoms with Crippen molar-refractivity contribution in [1.29, 1.82) is 0 Å². The van der Waals surface area contributed by atoms with Crippen molar-refractivity contribution in [3.63, 3.8) is 0 Å². The fraction of sp³-hybridized carbons (Fsp3) is 0.333. The second-order valence-electron chi connectivity index (χ2n) is 3.84. The SMILES string of the molecule is O=C1CCCN(c2ncc([N+](=O)[O-])cc2[N+](=O)[O-])N1. The van der Waals surface area contributed by atoms with E-state index in [1.165, 1.54) is 5.01 Å². The number of nitrogens with zero attached hydrogens (tertiary/aromatic N) is 4. The average Bonchev–Trinajstić information content (AvgIpc) is 2.37. The lowest BCUT2D eigenvalue weighted by molar-refractivity contribution is -0.394. The van der Waals surface area contributed by atoms with Gasteiger partial charge in [-0.3, -0.25) is 35.5 Å². The van der Waals surface area contributed by atoms with Gasteiger partial charge in [-0.25, -0.2) is 4.98 Å². The normalized spacial score (nSPS) is 14.9. The number of anilines is 1. The zero-order valence-electron chi connectivity index (χ0n) is 9.61. The number of hydrogen-bond donors (Lipinski definition) is 1. The summed E-state index contributed by atoms with van der Waals surface area (Å²) in [7, 11) is 0. The Morgan fingerprint density at radius 3 is 2.63 bits per heavy atom. The van der Waals surface area contributed by atoms with Gasteiger partial charge in [0.05, 0.1) is 15.9 Å². The molecule has 0 atom stereocenters. The maximum Gasteiger partial charge on any atom is 0.320 e. The summed E-state index contributed by atoms with van der Waals surface area (Å²) in [4.78, 5) is 34.9. The molecule has 0 aromatic carbocycles. The lowest BCUT2D eigenvalue weighted by atomic mass is 10.2. The Labute approximate surface area is 106 Å². The number of pyridine rings is 1. The Balaban J connectivity index is 2.41. The molecular weight excluding hydrogens is 258 g/mol. The van der Waals surface area contributed by atoms with Crippen molar-refractivity contribution in [1.82, 2.24) is 10.4 Å². The van der Waals surface area contributed by atoms with Gasteiger partial charge in [0.1, 0.15) is 6.20 Å². The lowest BCUT2D eigenvalue weighted by Gasteiger charge is -2.27. The van der Waals surface area contributed by atoms with Gasteiger partial charge < -0.3 is 0 Å². The molecule has 10 heteroatoms. The average molecular weight is 267 g/mol. The quantitative estimate of drug-likeness (QED) is 0.623. The second-order valence-corrected chi connectivity index (χ2v) is 3.84. The molecule has 1 N–H and O–H groups in total. The fourth-order valence-corrected chi connectivity index (χ4v) is 1.70. The maximum absolute atomic E-state index is 11.2. The van der Waals surface area contributed by atoms with Gasteiger partial charge in [-0.1, -0.05) is 0 Å². The Hall–Kier alpha value is -2.78. The number of carbonyl (C=O) groups excluding carboxylic acids is 1. The molecule has 1 aliphatic heterocycles. The van der Waals surface area contributed by atoms with E-state index in [-0.39, 0.29) is 11.7 Å². The number of nitro groups is 2. The highest BCUT2D eigenvalue weighted by molar-refractivity contribution is 5.79. The predicted molar refractivity (Wildman–Crippen MR) is 62.3 cm³/mol. The Bertz CT molecular complexity index is 560. The number of aromatic nitrogens is 1. The van der Waals surface area contributed by atoms with Crippen molar-refractivity contribution >= 4 is 23.1 Å². The summed E-state index contributed by atoms with van der Waals surface area (Å²) < 4.78 is 0. The van der Waals surface area contributed by atoms with Gasteiger partial charge in [0.25, 0.3) is 5.69 Å². The fourth-order valence-electron chi connectivity index (χ4n) is 1.70. The first-order valence-electron chi connectivity index (χ1n) is 5.35. The van der Waals surface area contributed by atoms with E-state index < -0.39 is 21.2 Å². The van der Waals surface area contributed by atoms with Gasteiger partial charge in [0.2, 0.25) is 11.7 Å². The highest BCUT2D eigenvalue weighted by Crippen LogP contribution is 2.29. The van der Waals surface area contributed by atoms with Crippen molar-refractivity contribution in [2.24, 2.45) is 0 Å². The van der Waals surface area contributed by atoms with E-state index in [9.17, 15) is 25.0 Å². The van der Waals surface area contributed by atoms with Crippen LogP contribution in [0.5, 0.6) is 0 Å². The van der Waals surface area contributed by atoms with E-state index in [1.54, 1.807) is 0 Å². The molecule has 19 heavy (non-hydrogen) atoms. The third-order valence-electron chi connectivity index (χ3n) is 2.54. The predicted octanol–water partition coefficient (Wildman–Crippen LogP) is 0.529. The van der Waals surface area contributed by atoms with Crippen LogP contribution in [0.15, 0.2) is 12.3 Å². The summed E-state index contributed by atoms with van der Waals surface area (Å²) in [5.41, 5.74) is 1.44. The molecule has 0 spiro atoms. The monoisotopic (exact) mass is 267 g/mol. The van der Waals surface area contributed by atoms with Gasteiger partial charge in [-0.05, 0) is 6.42 Å². The first-order chi connectivity index (χ1) is 8.99. The molecule has 0 bridgehead atoms. The van der Waals surface area contributed by atoms with Crippen LogP contribution in [-0.2, 0) is 4.79 Å². The summed E-state index contributed by atoms with van der Waals surface area (Å²) in [6.45, 7) is 0.359. The zero-order chi connectivity index (χ0) is 14.0. The van der Waals surface area contributed by atoms with Crippen molar-refractivity contribution in [2.75, 3.05) is 11.6 Å². The van der Waals surface area contributed by atoms with Crippen LogP contribution in [0.2, 0.25) is 0 Å². The molecule has 2 heterocycles. The van der Waals surface area contributed by atoms with Gasteiger partial charge in [0, 0.05) is 13.0 Å². The zero-order valence-corrected chi connectivity index (χ0v) is 9.61. The van der Waals surface area contributed by atoms with E-state index in [0.717, 1.165) is 12.3 Å². The number of hydrazine groups is 1. The van der Waals surface area contributed by atoms with E-state index in [2.05, 4.69) is 10.4 Å². The highest BCUT2D eigenvalue weighted by Gasteiger charge is 2.27. The van der Waals surface area contributed by atoms with Crippen molar-refractivity contribution < 1.29 is 14.6 Å². The molecule has 1 aliphatic rings. The molecule has 0 radical (unpaired) electrons. The van der Waals surface area contributed by atoms with Gasteiger partial charge in [0.15, 0.2) is 0 Å². The van der Waals surface area contributed by atoms with E-state index in [1.807, 2.05) is 0 Å². The van der Waals surface area contributed by atoms with Gasteiger partial charge in [-0.15, -0.1) is 0 Å². The van der Waals surface area contributed by atoms with E-state index in [4.69, 9.17) is 0 Å². The van der Waals surface area contributed by atoms with Crippen LogP contribution >= 0.6 is 0 Å². The third-order valence-corrected chi connectivity index (χ3v) is 2.54. The van der Waals surface area contributed by atoms with Gasteiger partial charge >= 0.3 is 5.69 Å². The molecule has 0 aliphatic carbocycles. The topological polar surface area (TPSA) is 132 Å². The van der Waals surface area contributed by atoms with Crippen molar-refractivity contribution in [2.45, 2.75) is 12.8 Å². The first-order valence-corrected chi connectivity index (χ1v) is 5.35. The number of carbonyl (C=O) groups is 1. The van der Waals surface area contributed by atoms with Crippen LogP contribution in [0, 0.1) is 20.2 Å².